The molecule has 5 nitrogen and oxygen atoms in total. The molecule has 0 saturated heterocycles. The first-order valence-electron chi connectivity index (χ1n) is 7.83. The molecule has 2 N–H and O–H groups in total. The van der Waals surface area contributed by atoms with Gasteiger partial charge in [0.1, 0.15) is 5.75 Å². The van der Waals surface area contributed by atoms with Crippen molar-refractivity contribution < 1.29 is 14.6 Å². The monoisotopic (exact) mass is 320 g/mol. The second-order valence-electron chi connectivity index (χ2n) is 5.77. The molecule has 0 bridgehead atoms. The number of para-hydroxylation sites is 1. The van der Waals surface area contributed by atoms with E-state index < -0.39 is 6.09 Å². The maximum Gasteiger partial charge on any atom is 0.405 e. The summed E-state index contributed by atoms with van der Waals surface area (Å²) in [5.41, 5.74) is 3.86. The van der Waals surface area contributed by atoms with Gasteiger partial charge in [0.25, 0.3) is 0 Å². The summed E-state index contributed by atoms with van der Waals surface area (Å²) in [6.45, 7) is 0.495. The van der Waals surface area contributed by atoms with E-state index in [2.05, 4.69) is 10.3 Å². The van der Waals surface area contributed by atoms with Gasteiger partial charge in [0, 0.05) is 29.1 Å². The summed E-state index contributed by atoms with van der Waals surface area (Å²) in [6, 6.07) is 15.7. The van der Waals surface area contributed by atoms with Crippen molar-refractivity contribution in [2.75, 3.05) is 6.61 Å². The summed E-state index contributed by atoms with van der Waals surface area (Å²) in [4.78, 5) is 15.4. The Hall–Kier alpha value is -3.08. The zero-order chi connectivity index (χ0) is 16.5. The zero-order valence-corrected chi connectivity index (χ0v) is 12.9. The third-order valence-corrected chi connectivity index (χ3v) is 4.29. The number of nitrogens with zero attached hydrogens (tertiary/aromatic N) is 1. The summed E-state index contributed by atoms with van der Waals surface area (Å²) >= 11 is 0. The molecule has 1 unspecified atom stereocenters. The lowest BCUT2D eigenvalue weighted by atomic mass is 9.95. The molecule has 4 rings (SSSR count). The van der Waals surface area contributed by atoms with Gasteiger partial charge in [0.05, 0.1) is 18.2 Å². The Morgan fingerprint density at radius 3 is 2.96 bits per heavy atom. The Morgan fingerprint density at radius 2 is 2.08 bits per heavy atom. The van der Waals surface area contributed by atoms with E-state index in [9.17, 15) is 4.79 Å². The van der Waals surface area contributed by atoms with Gasteiger partial charge >= 0.3 is 6.09 Å². The third kappa shape index (κ3) is 2.54. The number of carbonyl (C=O) groups is 1. The van der Waals surface area contributed by atoms with E-state index in [4.69, 9.17) is 9.84 Å². The van der Waals surface area contributed by atoms with Gasteiger partial charge in [0.15, 0.2) is 0 Å². The summed E-state index contributed by atoms with van der Waals surface area (Å²) in [5.74, 6) is 0.727. The van der Waals surface area contributed by atoms with E-state index in [1.807, 2.05) is 48.5 Å². The molecule has 0 radical (unpaired) electrons. The molecule has 0 fully saturated rings. The zero-order valence-electron chi connectivity index (χ0n) is 12.9. The molecule has 1 amide bonds. The first-order chi connectivity index (χ1) is 11.7. The number of rotatable bonds is 2. The summed E-state index contributed by atoms with van der Waals surface area (Å²) in [7, 11) is 0. The van der Waals surface area contributed by atoms with E-state index in [1.165, 1.54) is 0 Å². The minimum atomic E-state index is -1.02. The van der Waals surface area contributed by atoms with Crippen LogP contribution in [-0.4, -0.2) is 22.8 Å². The average molecular weight is 320 g/mol. The van der Waals surface area contributed by atoms with Crippen LogP contribution in [-0.2, 0) is 0 Å². The van der Waals surface area contributed by atoms with Gasteiger partial charge in [-0.3, -0.25) is 4.98 Å². The fraction of sp³-hybridized carbons (Fsp3) is 0.158. The normalized spacial score (nSPS) is 16.2. The fourth-order valence-electron chi connectivity index (χ4n) is 3.19. The third-order valence-electron chi connectivity index (χ3n) is 4.29. The molecule has 120 valence electrons. The van der Waals surface area contributed by atoms with Gasteiger partial charge in [-0.25, -0.2) is 4.79 Å². The minimum Gasteiger partial charge on any atom is -0.493 e. The van der Waals surface area contributed by atoms with Crippen molar-refractivity contribution in [2.45, 2.75) is 12.5 Å². The SMILES string of the molecule is O=C(O)NC1CCOc2cc(-c3cccc4cccnc34)ccc21. The number of hydrogen-bond donors (Lipinski definition) is 2. The second kappa shape index (κ2) is 5.85. The number of pyridine rings is 1. The largest absolute Gasteiger partial charge is 0.493 e. The van der Waals surface area contributed by atoms with Gasteiger partial charge < -0.3 is 15.2 Å². The van der Waals surface area contributed by atoms with Crippen LogP contribution in [0.1, 0.15) is 18.0 Å². The highest BCUT2D eigenvalue weighted by molar-refractivity contribution is 5.93. The number of hydrogen-bond acceptors (Lipinski definition) is 3. The standard InChI is InChI=1S/C19H16N2O3/c22-19(23)21-16-8-10-24-17-11-13(6-7-15(16)17)14-5-1-3-12-4-2-9-20-18(12)14/h1-7,9,11,16,21H,8,10H2,(H,22,23). The topological polar surface area (TPSA) is 71.5 Å². The molecular formula is C19H16N2O3. The van der Waals surface area contributed by atoms with Crippen LogP contribution in [0.5, 0.6) is 5.75 Å². The molecule has 5 heteroatoms. The van der Waals surface area contributed by atoms with Gasteiger partial charge in [-0.15, -0.1) is 0 Å². The molecule has 2 heterocycles. The van der Waals surface area contributed by atoms with Crippen LogP contribution in [0.25, 0.3) is 22.0 Å². The Morgan fingerprint density at radius 1 is 1.21 bits per heavy atom. The number of aromatic nitrogens is 1. The maximum absolute atomic E-state index is 11.0. The van der Waals surface area contributed by atoms with Crippen molar-refractivity contribution in [2.24, 2.45) is 0 Å². The van der Waals surface area contributed by atoms with Crippen LogP contribution in [0, 0.1) is 0 Å². The van der Waals surface area contributed by atoms with Gasteiger partial charge in [-0.1, -0.05) is 36.4 Å². The van der Waals surface area contributed by atoms with Crippen molar-refractivity contribution >= 4 is 17.0 Å². The van der Waals surface area contributed by atoms with Gasteiger partial charge in [-0.05, 0) is 17.7 Å². The molecule has 1 aromatic heterocycles. The molecule has 3 aromatic rings. The van der Waals surface area contributed by atoms with Crippen LogP contribution < -0.4 is 10.1 Å². The molecule has 24 heavy (non-hydrogen) atoms. The Kier molecular flexibility index (Phi) is 3.54. The maximum atomic E-state index is 11.0. The van der Waals surface area contributed by atoms with Crippen LogP contribution in [0.4, 0.5) is 4.79 Å². The van der Waals surface area contributed by atoms with Crippen molar-refractivity contribution in [3.05, 3.63) is 60.3 Å². The lowest BCUT2D eigenvalue weighted by molar-refractivity contribution is 0.182. The Balaban J connectivity index is 1.79. The number of nitrogens with one attached hydrogen (secondary N) is 1. The van der Waals surface area contributed by atoms with Gasteiger partial charge in [-0.2, -0.15) is 0 Å². The molecule has 0 saturated carbocycles. The van der Waals surface area contributed by atoms with Crippen LogP contribution in [0.3, 0.4) is 0 Å². The lowest BCUT2D eigenvalue weighted by Crippen LogP contribution is -2.30. The van der Waals surface area contributed by atoms with Gasteiger partial charge in [0.2, 0.25) is 0 Å². The minimum absolute atomic E-state index is 0.231. The number of benzene rings is 2. The summed E-state index contributed by atoms with van der Waals surface area (Å²) in [6.07, 6.45) is 1.40. The summed E-state index contributed by atoms with van der Waals surface area (Å²) in [5, 5.41) is 12.6. The van der Waals surface area contributed by atoms with E-state index >= 15 is 0 Å². The fourth-order valence-corrected chi connectivity index (χ4v) is 3.19. The number of amides is 1. The second-order valence-corrected chi connectivity index (χ2v) is 5.77. The van der Waals surface area contributed by atoms with E-state index in [-0.39, 0.29) is 6.04 Å². The predicted molar refractivity (Wildman–Crippen MR) is 91.2 cm³/mol. The predicted octanol–water partition coefficient (Wildman–Crippen LogP) is 3.99. The number of carboxylic acid groups (broad SMARTS) is 1. The van der Waals surface area contributed by atoms with Crippen LogP contribution >= 0.6 is 0 Å². The number of ether oxygens (including phenoxy) is 1. The molecule has 1 aliphatic heterocycles. The molecule has 1 atom stereocenters. The summed E-state index contributed by atoms with van der Waals surface area (Å²) < 4.78 is 5.76. The first kappa shape index (κ1) is 14.5. The molecule has 2 aromatic carbocycles. The molecular weight excluding hydrogens is 304 g/mol. The van der Waals surface area contributed by atoms with E-state index in [1.54, 1.807) is 6.20 Å². The highest BCUT2D eigenvalue weighted by Crippen LogP contribution is 2.37. The highest BCUT2D eigenvalue weighted by atomic mass is 16.5. The van der Waals surface area contributed by atoms with Crippen LogP contribution in [0.2, 0.25) is 0 Å². The highest BCUT2D eigenvalue weighted by Gasteiger charge is 2.23. The lowest BCUT2D eigenvalue weighted by Gasteiger charge is -2.26. The smallest absolute Gasteiger partial charge is 0.405 e. The van der Waals surface area contributed by atoms with Crippen molar-refractivity contribution in [3.63, 3.8) is 0 Å². The van der Waals surface area contributed by atoms with E-state index in [0.717, 1.165) is 33.3 Å². The Labute approximate surface area is 138 Å². The molecule has 0 aliphatic carbocycles. The molecule has 0 spiro atoms. The first-order valence-corrected chi connectivity index (χ1v) is 7.83. The van der Waals surface area contributed by atoms with Crippen LogP contribution in [0.15, 0.2) is 54.7 Å². The molecule has 1 aliphatic rings. The van der Waals surface area contributed by atoms with Crippen molar-refractivity contribution in [1.82, 2.24) is 10.3 Å². The average Bonchev–Trinajstić information content (AvgIpc) is 2.60. The quantitative estimate of drug-likeness (QED) is 0.749. The number of fused-ring (bicyclic) bond motifs is 2. The van der Waals surface area contributed by atoms with E-state index in [0.29, 0.717) is 13.0 Å². The Bertz CT molecular complexity index is 918. The van der Waals surface area contributed by atoms with Crippen molar-refractivity contribution in [3.8, 4) is 16.9 Å². The van der Waals surface area contributed by atoms with Crippen molar-refractivity contribution in [1.29, 1.82) is 0 Å².